The minimum atomic E-state index is -0.273. The molecule has 0 atom stereocenters. The zero-order valence-corrected chi connectivity index (χ0v) is 14.7. The molecule has 0 aromatic heterocycles. The zero-order valence-electron chi connectivity index (χ0n) is 13.1. The molecule has 0 unspecified atom stereocenters. The summed E-state index contributed by atoms with van der Waals surface area (Å²) < 4.78 is 0.900. The van der Waals surface area contributed by atoms with Crippen LogP contribution in [0.1, 0.15) is 35.7 Å². The van der Waals surface area contributed by atoms with Gasteiger partial charge in [-0.1, -0.05) is 48.0 Å². The number of para-hydroxylation sites is 1. The lowest BCUT2D eigenvalue weighted by atomic mass is 10.0. The third-order valence-corrected chi connectivity index (χ3v) is 3.90. The Bertz CT molecular complexity index is 696. The quantitative estimate of drug-likeness (QED) is 0.832. The van der Waals surface area contributed by atoms with Crippen LogP contribution >= 0.6 is 15.9 Å². The Morgan fingerprint density at radius 1 is 1.04 bits per heavy atom. The smallest absolute Gasteiger partial charge is 0.251 e. The molecule has 0 radical (unpaired) electrons. The summed E-state index contributed by atoms with van der Waals surface area (Å²) in [5, 5.41) is 5.47. The molecule has 2 rings (SSSR count). The molecule has 120 valence electrons. The highest BCUT2D eigenvalue weighted by Crippen LogP contribution is 2.23. The van der Waals surface area contributed by atoms with Gasteiger partial charge in [0.1, 0.15) is 0 Å². The molecule has 0 heterocycles. The van der Waals surface area contributed by atoms with Gasteiger partial charge in [-0.05, 0) is 41.8 Å². The van der Waals surface area contributed by atoms with Crippen LogP contribution in [0.15, 0.2) is 53.0 Å². The molecule has 0 aliphatic rings. The summed E-state index contributed by atoms with van der Waals surface area (Å²) in [4.78, 5) is 24.0. The summed E-state index contributed by atoms with van der Waals surface area (Å²) in [6, 6.07) is 14.6. The van der Waals surface area contributed by atoms with Crippen LogP contribution in [0.2, 0.25) is 0 Å². The Hall–Kier alpha value is -2.14. The number of carbonyl (C=O) groups is 2. The van der Waals surface area contributed by atoms with Crippen LogP contribution in [0.4, 0.5) is 5.69 Å². The summed E-state index contributed by atoms with van der Waals surface area (Å²) in [6.45, 7) is 4.07. The average molecular weight is 375 g/mol. The molecule has 0 fully saturated rings. The van der Waals surface area contributed by atoms with E-state index in [2.05, 4.69) is 40.4 Å². The Morgan fingerprint density at radius 2 is 1.70 bits per heavy atom. The third-order valence-electron chi connectivity index (χ3n) is 3.37. The number of hydrogen-bond acceptors (Lipinski definition) is 2. The minimum Gasteiger partial charge on any atom is -0.343 e. The molecule has 23 heavy (non-hydrogen) atoms. The minimum absolute atomic E-state index is 0.0681. The van der Waals surface area contributed by atoms with Crippen molar-refractivity contribution in [2.75, 3.05) is 11.9 Å². The molecule has 2 aromatic carbocycles. The number of nitrogens with one attached hydrogen (secondary N) is 2. The second kappa shape index (κ2) is 7.92. The van der Waals surface area contributed by atoms with Gasteiger partial charge in [0.2, 0.25) is 5.91 Å². The van der Waals surface area contributed by atoms with Crippen molar-refractivity contribution in [1.82, 2.24) is 5.32 Å². The maximum atomic E-state index is 12.0. The lowest BCUT2D eigenvalue weighted by Crippen LogP contribution is -2.33. The van der Waals surface area contributed by atoms with Crippen LogP contribution in [0.25, 0.3) is 0 Å². The van der Waals surface area contributed by atoms with E-state index in [1.165, 1.54) is 0 Å². The second-order valence-corrected chi connectivity index (χ2v) is 6.40. The Balaban J connectivity index is 1.93. The van der Waals surface area contributed by atoms with E-state index in [4.69, 9.17) is 0 Å². The molecule has 2 N–H and O–H groups in total. The number of amides is 2. The van der Waals surface area contributed by atoms with Crippen molar-refractivity contribution in [3.05, 3.63) is 64.1 Å². The number of rotatable bonds is 5. The lowest BCUT2D eigenvalue weighted by Gasteiger charge is -2.13. The fraction of sp³-hybridized carbons (Fsp3) is 0.222. The summed E-state index contributed by atoms with van der Waals surface area (Å²) >= 11 is 3.32. The van der Waals surface area contributed by atoms with Gasteiger partial charge in [-0.3, -0.25) is 9.59 Å². The normalized spacial score (nSPS) is 10.4. The highest BCUT2D eigenvalue weighted by molar-refractivity contribution is 9.10. The van der Waals surface area contributed by atoms with Gasteiger partial charge in [0.15, 0.2) is 0 Å². The predicted octanol–water partition coefficient (Wildman–Crippen LogP) is 3.94. The SMILES string of the molecule is CC(C)c1ccccc1NC(=O)CNC(=O)c1ccc(Br)cc1. The van der Waals surface area contributed by atoms with Crippen molar-refractivity contribution in [1.29, 1.82) is 0 Å². The molecule has 5 heteroatoms. The molecule has 0 saturated heterocycles. The molecular weight excluding hydrogens is 356 g/mol. The van der Waals surface area contributed by atoms with Crippen LogP contribution in [0, 0.1) is 0 Å². The van der Waals surface area contributed by atoms with Crippen LogP contribution in [-0.4, -0.2) is 18.4 Å². The van der Waals surface area contributed by atoms with Gasteiger partial charge in [-0.2, -0.15) is 0 Å². The third kappa shape index (κ3) is 4.93. The molecule has 0 aliphatic carbocycles. The topological polar surface area (TPSA) is 58.2 Å². The van der Waals surface area contributed by atoms with Crippen molar-refractivity contribution in [2.45, 2.75) is 19.8 Å². The summed E-state index contributed by atoms with van der Waals surface area (Å²) in [5.74, 6) is -0.211. The maximum absolute atomic E-state index is 12.0. The van der Waals surface area contributed by atoms with Crippen LogP contribution < -0.4 is 10.6 Å². The number of halogens is 1. The predicted molar refractivity (Wildman–Crippen MR) is 95.6 cm³/mol. The molecule has 2 aromatic rings. The van der Waals surface area contributed by atoms with Crippen molar-refractivity contribution in [3.63, 3.8) is 0 Å². The largest absolute Gasteiger partial charge is 0.343 e. The van der Waals surface area contributed by atoms with E-state index >= 15 is 0 Å². The first-order valence-electron chi connectivity index (χ1n) is 7.40. The Kier molecular flexibility index (Phi) is 5.93. The monoisotopic (exact) mass is 374 g/mol. The highest BCUT2D eigenvalue weighted by atomic mass is 79.9. The lowest BCUT2D eigenvalue weighted by molar-refractivity contribution is -0.115. The molecular formula is C18H19BrN2O2. The summed E-state index contributed by atoms with van der Waals surface area (Å²) in [6.07, 6.45) is 0. The van der Waals surface area contributed by atoms with Gasteiger partial charge >= 0.3 is 0 Å². The first-order chi connectivity index (χ1) is 11.0. The van der Waals surface area contributed by atoms with E-state index in [0.717, 1.165) is 15.7 Å². The van der Waals surface area contributed by atoms with E-state index in [1.807, 2.05) is 24.3 Å². The molecule has 0 bridgehead atoms. The number of hydrogen-bond donors (Lipinski definition) is 2. The number of anilines is 1. The van der Waals surface area contributed by atoms with E-state index < -0.39 is 0 Å². The van der Waals surface area contributed by atoms with E-state index in [0.29, 0.717) is 11.5 Å². The number of carbonyl (C=O) groups excluding carboxylic acids is 2. The van der Waals surface area contributed by atoms with Crippen LogP contribution in [0.3, 0.4) is 0 Å². The Labute approximate surface area is 144 Å². The van der Waals surface area contributed by atoms with Crippen molar-refractivity contribution in [2.24, 2.45) is 0 Å². The summed E-state index contributed by atoms with van der Waals surface area (Å²) in [7, 11) is 0. The van der Waals surface area contributed by atoms with Gasteiger partial charge in [0.05, 0.1) is 6.54 Å². The average Bonchev–Trinajstić information content (AvgIpc) is 2.53. The zero-order chi connectivity index (χ0) is 16.8. The van der Waals surface area contributed by atoms with E-state index in [9.17, 15) is 9.59 Å². The maximum Gasteiger partial charge on any atom is 0.251 e. The van der Waals surface area contributed by atoms with Crippen molar-refractivity contribution >= 4 is 33.4 Å². The van der Waals surface area contributed by atoms with Gasteiger partial charge in [0, 0.05) is 15.7 Å². The van der Waals surface area contributed by atoms with E-state index in [-0.39, 0.29) is 18.4 Å². The fourth-order valence-electron chi connectivity index (χ4n) is 2.17. The van der Waals surface area contributed by atoms with Gasteiger partial charge in [-0.25, -0.2) is 0 Å². The Morgan fingerprint density at radius 3 is 2.35 bits per heavy atom. The van der Waals surface area contributed by atoms with Crippen molar-refractivity contribution < 1.29 is 9.59 Å². The fourth-order valence-corrected chi connectivity index (χ4v) is 2.44. The summed E-state index contributed by atoms with van der Waals surface area (Å²) in [5.41, 5.74) is 2.37. The standard InChI is InChI=1S/C18H19BrN2O2/c1-12(2)15-5-3-4-6-16(15)21-17(22)11-20-18(23)13-7-9-14(19)10-8-13/h3-10,12H,11H2,1-2H3,(H,20,23)(H,21,22). The van der Waals surface area contributed by atoms with Crippen LogP contribution in [0.5, 0.6) is 0 Å². The van der Waals surface area contributed by atoms with Crippen molar-refractivity contribution in [3.8, 4) is 0 Å². The first kappa shape index (κ1) is 17.2. The molecule has 2 amide bonds. The number of benzene rings is 2. The first-order valence-corrected chi connectivity index (χ1v) is 8.19. The molecule has 0 saturated carbocycles. The molecule has 0 aliphatic heterocycles. The van der Waals surface area contributed by atoms with Gasteiger partial charge in [-0.15, -0.1) is 0 Å². The van der Waals surface area contributed by atoms with Crippen LogP contribution in [-0.2, 0) is 4.79 Å². The van der Waals surface area contributed by atoms with Gasteiger partial charge in [0.25, 0.3) is 5.91 Å². The van der Waals surface area contributed by atoms with E-state index in [1.54, 1.807) is 24.3 Å². The second-order valence-electron chi connectivity index (χ2n) is 5.48. The van der Waals surface area contributed by atoms with Gasteiger partial charge < -0.3 is 10.6 Å². The molecule has 0 spiro atoms. The molecule has 4 nitrogen and oxygen atoms in total. The highest BCUT2D eigenvalue weighted by Gasteiger charge is 2.11.